The molecular formula is C10H11BrO2. The number of rotatable bonds is 5. The third-order valence-corrected chi connectivity index (χ3v) is 2.09. The first-order valence-corrected chi connectivity index (χ1v) is 4.88. The Morgan fingerprint density at radius 1 is 1.31 bits per heavy atom. The SMILES string of the molecule is O=CCCOCc1ccc(Br)cc1. The van der Waals surface area contributed by atoms with Crippen molar-refractivity contribution in [3.8, 4) is 0 Å². The Kier molecular flexibility index (Phi) is 4.72. The van der Waals surface area contributed by atoms with Gasteiger partial charge < -0.3 is 9.53 Å². The first-order chi connectivity index (χ1) is 6.33. The molecule has 0 N–H and O–H groups in total. The molecule has 1 rings (SSSR count). The largest absolute Gasteiger partial charge is 0.376 e. The van der Waals surface area contributed by atoms with Crippen LogP contribution in [-0.4, -0.2) is 12.9 Å². The van der Waals surface area contributed by atoms with E-state index in [1.165, 1.54) is 0 Å². The fourth-order valence-corrected chi connectivity index (χ4v) is 1.17. The molecule has 0 saturated carbocycles. The molecule has 0 fully saturated rings. The van der Waals surface area contributed by atoms with Gasteiger partial charge in [0.25, 0.3) is 0 Å². The van der Waals surface area contributed by atoms with E-state index in [1.807, 2.05) is 24.3 Å². The molecule has 0 aliphatic rings. The number of benzene rings is 1. The van der Waals surface area contributed by atoms with Gasteiger partial charge >= 0.3 is 0 Å². The van der Waals surface area contributed by atoms with Crippen LogP contribution in [0.3, 0.4) is 0 Å². The Balaban J connectivity index is 2.28. The molecule has 0 amide bonds. The van der Waals surface area contributed by atoms with Crippen LogP contribution in [-0.2, 0) is 16.1 Å². The van der Waals surface area contributed by atoms with Gasteiger partial charge in [0.05, 0.1) is 13.2 Å². The van der Waals surface area contributed by atoms with Crippen molar-refractivity contribution >= 4 is 22.2 Å². The van der Waals surface area contributed by atoms with Crippen LogP contribution in [0.4, 0.5) is 0 Å². The molecule has 70 valence electrons. The standard InChI is InChI=1S/C10H11BrO2/c11-10-4-2-9(3-5-10)8-13-7-1-6-12/h2-6H,1,7-8H2. The summed E-state index contributed by atoms with van der Waals surface area (Å²) in [5, 5.41) is 0. The highest BCUT2D eigenvalue weighted by Gasteiger charge is 1.92. The Morgan fingerprint density at radius 3 is 2.62 bits per heavy atom. The number of aldehydes is 1. The number of hydrogen-bond donors (Lipinski definition) is 0. The lowest BCUT2D eigenvalue weighted by molar-refractivity contribution is -0.108. The van der Waals surface area contributed by atoms with Crippen LogP contribution in [0.2, 0.25) is 0 Å². The molecule has 1 aromatic rings. The number of carbonyl (C=O) groups is 1. The highest BCUT2D eigenvalue weighted by atomic mass is 79.9. The first kappa shape index (κ1) is 10.4. The van der Waals surface area contributed by atoms with Crippen molar-refractivity contribution in [2.75, 3.05) is 6.61 Å². The van der Waals surface area contributed by atoms with Crippen molar-refractivity contribution in [3.05, 3.63) is 34.3 Å². The molecule has 3 heteroatoms. The van der Waals surface area contributed by atoms with Gasteiger partial charge in [-0.05, 0) is 17.7 Å². The molecule has 0 unspecified atom stereocenters. The molecule has 0 radical (unpaired) electrons. The highest BCUT2D eigenvalue weighted by molar-refractivity contribution is 9.10. The van der Waals surface area contributed by atoms with E-state index in [0.29, 0.717) is 19.6 Å². The van der Waals surface area contributed by atoms with Gasteiger partial charge in [-0.25, -0.2) is 0 Å². The van der Waals surface area contributed by atoms with Crippen LogP contribution in [0.15, 0.2) is 28.7 Å². The summed E-state index contributed by atoms with van der Waals surface area (Å²) in [5.74, 6) is 0. The molecule has 2 nitrogen and oxygen atoms in total. The third kappa shape index (κ3) is 4.20. The van der Waals surface area contributed by atoms with E-state index in [2.05, 4.69) is 15.9 Å². The minimum atomic E-state index is 0.469. The highest BCUT2D eigenvalue weighted by Crippen LogP contribution is 2.10. The molecule has 0 bridgehead atoms. The topological polar surface area (TPSA) is 26.3 Å². The van der Waals surface area contributed by atoms with Gasteiger partial charge in [0.2, 0.25) is 0 Å². The zero-order chi connectivity index (χ0) is 9.52. The van der Waals surface area contributed by atoms with E-state index in [0.717, 1.165) is 16.3 Å². The second kappa shape index (κ2) is 5.89. The van der Waals surface area contributed by atoms with Crippen LogP contribution in [0.25, 0.3) is 0 Å². The van der Waals surface area contributed by atoms with Crippen LogP contribution < -0.4 is 0 Å². The summed E-state index contributed by atoms with van der Waals surface area (Å²) in [4.78, 5) is 9.97. The number of carbonyl (C=O) groups excluding carboxylic acids is 1. The van der Waals surface area contributed by atoms with E-state index in [4.69, 9.17) is 4.74 Å². The second-order valence-corrected chi connectivity index (χ2v) is 3.55. The minimum Gasteiger partial charge on any atom is -0.376 e. The summed E-state index contributed by atoms with van der Waals surface area (Å²) in [6.45, 7) is 1.07. The lowest BCUT2D eigenvalue weighted by atomic mass is 10.2. The van der Waals surface area contributed by atoms with Gasteiger partial charge in [0.1, 0.15) is 6.29 Å². The molecule has 0 spiro atoms. The van der Waals surface area contributed by atoms with E-state index < -0.39 is 0 Å². The number of halogens is 1. The number of hydrogen-bond acceptors (Lipinski definition) is 2. The molecule has 1 aromatic carbocycles. The van der Waals surface area contributed by atoms with E-state index >= 15 is 0 Å². The molecule has 0 aliphatic carbocycles. The zero-order valence-electron chi connectivity index (χ0n) is 7.20. The van der Waals surface area contributed by atoms with Gasteiger partial charge in [-0.15, -0.1) is 0 Å². The molecule has 0 saturated heterocycles. The maximum Gasteiger partial charge on any atom is 0.122 e. The molecule has 0 atom stereocenters. The fraction of sp³-hybridized carbons (Fsp3) is 0.300. The Labute approximate surface area is 86.0 Å². The monoisotopic (exact) mass is 242 g/mol. The average Bonchev–Trinajstić information content (AvgIpc) is 2.15. The minimum absolute atomic E-state index is 0.469. The van der Waals surface area contributed by atoms with Crippen LogP contribution in [0.5, 0.6) is 0 Å². The van der Waals surface area contributed by atoms with Crippen molar-refractivity contribution in [3.63, 3.8) is 0 Å². The normalized spacial score (nSPS) is 9.92. The van der Waals surface area contributed by atoms with Crippen LogP contribution in [0.1, 0.15) is 12.0 Å². The van der Waals surface area contributed by atoms with E-state index in [-0.39, 0.29) is 0 Å². The molecule has 0 aliphatic heterocycles. The maximum absolute atomic E-state index is 9.97. The summed E-state index contributed by atoms with van der Waals surface area (Å²) >= 11 is 3.35. The second-order valence-electron chi connectivity index (χ2n) is 2.63. The zero-order valence-corrected chi connectivity index (χ0v) is 8.79. The van der Waals surface area contributed by atoms with E-state index in [1.54, 1.807) is 0 Å². The summed E-state index contributed by atoms with van der Waals surface area (Å²) in [6, 6.07) is 7.92. The smallest absolute Gasteiger partial charge is 0.122 e. The van der Waals surface area contributed by atoms with Crippen LogP contribution >= 0.6 is 15.9 Å². The summed E-state index contributed by atoms with van der Waals surface area (Å²) in [7, 11) is 0. The predicted molar refractivity (Wildman–Crippen MR) is 54.5 cm³/mol. The summed E-state index contributed by atoms with van der Waals surface area (Å²) < 4.78 is 6.31. The maximum atomic E-state index is 9.97. The van der Waals surface area contributed by atoms with Gasteiger partial charge in [0.15, 0.2) is 0 Å². The quantitative estimate of drug-likeness (QED) is 0.586. The lowest BCUT2D eigenvalue weighted by Crippen LogP contribution is -1.95. The van der Waals surface area contributed by atoms with Gasteiger partial charge in [-0.3, -0.25) is 0 Å². The van der Waals surface area contributed by atoms with Gasteiger partial charge in [-0.1, -0.05) is 28.1 Å². The molecule has 13 heavy (non-hydrogen) atoms. The molecule has 0 heterocycles. The molecular weight excluding hydrogens is 232 g/mol. The Hall–Kier alpha value is -0.670. The third-order valence-electron chi connectivity index (χ3n) is 1.56. The van der Waals surface area contributed by atoms with Crippen molar-refractivity contribution in [1.82, 2.24) is 0 Å². The first-order valence-electron chi connectivity index (χ1n) is 4.09. The summed E-state index contributed by atoms with van der Waals surface area (Å²) in [6.07, 6.45) is 1.33. The van der Waals surface area contributed by atoms with Gasteiger partial charge in [-0.2, -0.15) is 0 Å². The molecule has 0 aromatic heterocycles. The van der Waals surface area contributed by atoms with Crippen molar-refractivity contribution in [2.24, 2.45) is 0 Å². The van der Waals surface area contributed by atoms with Gasteiger partial charge in [0, 0.05) is 10.9 Å². The van der Waals surface area contributed by atoms with Crippen molar-refractivity contribution in [2.45, 2.75) is 13.0 Å². The van der Waals surface area contributed by atoms with Crippen LogP contribution in [0, 0.1) is 0 Å². The van der Waals surface area contributed by atoms with E-state index in [9.17, 15) is 4.79 Å². The fourth-order valence-electron chi connectivity index (χ4n) is 0.902. The summed E-state index contributed by atoms with van der Waals surface area (Å²) in [5.41, 5.74) is 1.12. The lowest BCUT2D eigenvalue weighted by Gasteiger charge is -2.01. The Bertz CT molecular complexity index is 256. The average molecular weight is 243 g/mol. The Morgan fingerprint density at radius 2 is 2.00 bits per heavy atom. The van der Waals surface area contributed by atoms with Crippen molar-refractivity contribution in [1.29, 1.82) is 0 Å². The number of ether oxygens (including phenoxy) is 1. The van der Waals surface area contributed by atoms with Crippen molar-refractivity contribution < 1.29 is 9.53 Å². The predicted octanol–water partition coefficient (Wildman–Crippen LogP) is 2.55.